The number of nitrogen functional groups attached to an aromatic ring is 1. The third-order valence-electron chi connectivity index (χ3n) is 5.13. The minimum absolute atomic E-state index is 0.0663. The molecular formula is C17H25BrN6O2. The number of rotatable bonds is 2. The molecule has 9 heteroatoms. The summed E-state index contributed by atoms with van der Waals surface area (Å²) in [6.07, 6.45) is 0.607. The third-order valence-corrected chi connectivity index (χ3v) is 6.10. The second kappa shape index (κ2) is 6.70. The van der Waals surface area contributed by atoms with Crippen molar-refractivity contribution in [1.29, 1.82) is 0 Å². The van der Waals surface area contributed by atoms with Crippen molar-refractivity contribution in [3.05, 3.63) is 22.1 Å². The first-order valence-electron chi connectivity index (χ1n) is 8.59. The molecule has 8 nitrogen and oxygen atoms in total. The zero-order valence-electron chi connectivity index (χ0n) is 15.5. The number of fused-ring (bicyclic) bond motifs is 1. The Morgan fingerprint density at radius 3 is 2.73 bits per heavy atom. The summed E-state index contributed by atoms with van der Waals surface area (Å²) in [6.45, 7) is 10.8. The van der Waals surface area contributed by atoms with Crippen molar-refractivity contribution in [3.63, 3.8) is 0 Å². The van der Waals surface area contributed by atoms with Gasteiger partial charge in [0.2, 0.25) is 0 Å². The van der Waals surface area contributed by atoms with Gasteiger partial charge in [0, 0.05) is 26.2 Å². The third kappa shape index (κ3) is 3.25. The number of nitrogens with zero attached hydrogens (tertiary/aromatic N) is 5. The highest BCUT2D eigenvalue weighted by Crippen LogP contribution is 2.32. The number of carboxylic acid groups (broad SMARTS) is 1. The predicted molar refractivity (Wildman–Crippen MR) is 103 cm³/mol. The molecule has 0 saturated carbocycles. The van der Waals surface area contributed by atoms with Gasteiger partial charge in [-0.05, 0) is 33.8 Å². The van der Waals surface area contributed by atoms with E-state index in [9.17, 15) is 9.90 Å². The van der Waals surface area contributed by atoms with Gasteiger partial charge in [-0.3, -0.25) is 4.90 Å². The fourth-order valence-corrected chi connectivity index (χ4v) is 4.19. The number of aromatic nitrogens is 3. The Morgan fingerprint density at radius 1 is 1.42 bits per heavy atom. The van der Waals surface area contributed by atoms with Crippen LogP contribution >= 0.6 is 15.9 Å². The Morgan fingerprint density at radius 2 is 2.12 bits per heavy atom. The van der Waals surface area contributed by atoms with Crippen LogP contribution in [0.15, 0.2) is 10.8 Å². The van der Waals surface area contributed by atoms with Gasteiger partial charge in [-0.2, -0.15) is 5.10 Å². The first-order valence-corrected chi connectivity index (χ1v) is 9.38. The zero-order chi connectivity index (χ0) is 19.2. The van der Waals surface area contributed by atoms with Crippen molar-refractivity contribution in [1.82, 2.24) is 24.4 Å². The Labute approximate surface area is 161 Å². The Hall–Kier alpha value is -1.87. The van der Waals surface area contributed by atoms with E-state index in [4.69, 9.17) is 5.73 Å². The lowest BCUT2D eigenvalue weighted by molar-refractivity contribution is 0.0184. The lowest BCUT2D eigenvalue weighted by Gasteiger charge is -2.46. The second-order valence-electron chi connectivity index (χ2n) is 7.88. The fraction of sp³-hybridized carbons (Fsp3) is 0.588. The molecule has 1 unspecified atom stereocenters. The van der Waals surface area contributed by atoms with Crippen molar-refractivity contribution < 1.29 is 9.90 Å². The number of hydrogen-bond donors (Lipinski definition) is 2. The highest BCUT2D eigenvalue weighted by molar-refractivity contribution is 9.10. The number of carbonyl (C=O) groups is 1. The molecule has 1 atom stereocenters. The minimum Gasteiger partial charge on any atom is -0.465 e. The van der Waals surface area contributed by atoms with Crippen LogP contribution in [-0.4, -0.2) is 61.3 Å². The predicted octanol–water partition coefficient (Wildman–Crippen LogP) is 2.59. The smallest absolute Gasteiger partial charge is 0.407 e. The number of hydrogen-bond acceptors (Lipinski definition) is 5. The molecule has 0 aliphatic carbocycles. The van der Waals surface area contributed by atoms with Crippen LogP contribution in [-0.2, 0) is 6.54 Å². The highest BCUT2D eigenvalue weighted by atomic mass is 79.9. The molecule has 1 saturated heterocycles. The fourth-order valence-electron chi connectivity index (χ4n) is 3.59. The first-order chi connectivity index (χ1) is 12.1. The first kappa shape index (κ1) is 18.9. The molecule has 1 aliphatic rings. The summed E-state index contributed by atoms with van der Waals surface area (Å²) in [4.78, 5) is 19.5. The van der Waals surface area contributed by atoms with Gasteiger partial charge in [0.1, 0.15) is 11.8 Å². The lowest BCUT2D eigenvalue weighted by atomic mass is 9.84. The minimum atomic E-state index is -0.850. The van der Waals surface area contributed by atoms with Crippen LogP contribution in [0.2, 0.25) is 0 Å². The molecular weight excluding hydrogens is 400 g/mol. The quantitative estimate of drug-likeness (QED) is 0.768. The largest absolute Gasteiger partial charge is 0.465 e. The second-order valence-corrected chi connectivity index (χ2v) is 8.68. The maximum absolute atomic E-state index is 11.6. The normalized spacial score (nSPS) is 19.3. The van der Waals surface area contributed by atoms with E-state index < -0.39 is 6.09 Å². The van der Waals surface area contributed by atoms with Crippen LogP contribution in [0.25, 0.3) is 5.52 Å². The SMILES string of the molecule is Cc1c(Br)c2c(N)ncnn2c1CN1CCN(C(=O)O)C(C(C)(C)C)C1. The Kier molecular flexibility index (Phi) is 4.87. The number of anilines is 1. The van der Waals surface area contributed by atoms with Crippen LogP contribution < -0.4 is 5.73 Å². The van der Waals surface area contributed by atoms with Crippen LogP contribution in [0, 0.1) is 12.3 Å². The molecule has 3 rings (SSSR count). The van der Waals surface area contributed by atoms with Crippen LogP contribution in [0.4, 0.5) is 10.6 Å². The number of halogens is 1. The molecule has 0 bridgehead atoms. The molecule has 1 aliphatic heterocycles. The van der Waals surface area contributed by atoms with Crippen molar-refractivity contribution in [2.45, 2.75) is 40.3 Å². The molecule has 0 aromatic carbocycles. The van der Waals surface area contributed by atoms with Crippen molar-refractivity contribution in [2.24, 2.45) is 5.41 Å². The molecule has 0 radical (unpaired) electrons. The average molecular weight is 425 g/mol. The van der Waals surface area contributed by atoms with Crippen LogP contribution in [0.5, 0.6) is 0 Å². The Bertz CT molecular complexity index is 844. The summed E-state index contributed by atoms with van der Waals surface area (Å²) in [5.41, 5.74) is 8.77. The molecule has 3 N–H and O–H groups in total. The van der Waals surface area contributed by atoms with E-state index in [0.717, 1.165) is 21.2 Å². The van der Waals surface area contributed by atoms with E-state index in [2.05, 4.69) is 51.7 Å². The summed E-state index contributed by atoms with van der Waals surface area (Å²) in [5.74, 6) is 0.435. The van der Waals surface area contributed by atoms with Gasteiger partial charge in [0.15, 0.2) is 5.82 Å². The van der Waals surface area contributed by atoms with E-state index in [1.807, 2.05) is 11.4 Å². The molecule has 3 heterocycles. The number of piperazine rings is 1. The Balaban J connectivity index is 1.91. The van der Waals surface area contributed by atoms with E-state index in [0.29, 0.717) is 32.0 Å². The number of nitrogens with two attached hydrogens (primary N) is 1. The zero-order valence-corrected chi connectivity index (χ0v) is 17.1. The number of amides is 1. The maximum atomic E-state index is 11.6. The summed E-state index contributed by atoms with van der Waals surface area (Å²) < 4.78 is 2.74. The van der Waals surface area contributed by atoms with Crippen LogP contribution in [0.3, 0.4) is 0 Å². The molecule has 2 aromatic heterocycles. The van der Waals surface area contributed by atoms with Gasteiger partial charge in [-0.25, -0.2) is 14.3 Å². The van der Waals surface area contributed by atoms with Crippen molar-refractivity contribution in [2.75, 3.05) is 25.4 Å². The average Bonchev–Trinajstić information content (AvgIpc) is 2.80. The van der Waals surface area contributed by atoms with Crippen molar-refractivity contribution in [3.8, 4) is 0 Å². The molecule has 0 spiro atoms. The van der Waals surface area contributed by atoms with Gasteiger partial charge in [-0.1, -0.05) is 20.8 Å². The standard InChI is InChI=1S/C17H25BrN6O2/c1-10-11(24-14(13(10)18)15(19)20-9-21-24)7-22-5-6-23(16(25)26)12(8-22)17(2,3)4/h9,12H,5-8H2,1-4H3,(H,25,26)(H2,19,20,21). The van der Waals surface area contributed by atoms with Crippen molar-refractivity contribution >= 4 is 33.4 Å². The van der Waals surface area contributed by atoms with Gasteiger partial charge in [0.25, 0.3) is 0 Å². The molecule has 2 aromatic rings. The van der Waals surface area contributed by atoms with Crippen LogP contribution in [0.1, 0.15) is 32.0 Å². The molecule has 1 fully saturated rings. The molecule has 26 heavy (non-hydrogen) atoms. The topological polar surface area (TPSA) is 100.0 Å². The van der Waals surface area contributed by atoms with Gasteiger partial charge < -0.3 is 15.7 Å². The maximum Gasteiger partial charge on any atom is 0.407 e. The molecule has 142 valence electrons. The van der Waals surface area contributed by atoms with Gasteiger partial charge in [-0.15, -0.1) is 0 Å². The summed E-state index contributed by atoms with van der Waals surface area (Å²) in [7, 11) is 0. The lowest BCUT2D eigenvalue weighted by Crippen LogP contribution is -2.59. The van der Waals surface area contributed by atoms with E-state index >= 15 is 0 Å². The van der Waals surface area contributed by atoms with E-state index in [1.165, 1.54) is 6.33 Å². The summed E-state index contributed by atoms with van der Waals surface area (Å²) in [6, 6.07) is -0.0663. The van der Waals surface area contributed by atoms with Gasteiger partial charge >= 0.3 is 6.09 Å². The summed E-state index contributed by atoms with van der Waals surface area (Å²) in [5, 5.41) is 13.9. The van der Waals surface area contributed by atoms with E-state index in [1.54, 1.807) is 4.90 Å². The monoisotopic (exact) mass is 424 g/mol. The summed E-state index contributed by atoms with van der Waals surface area (Å²) >= 11 is 3.60. The van der Waals surface area contributed by atoms with Gasteiger partial charge in [0.05, 0.1) is 16.2 Å². The highest BCUT2D eigenvalue weighted by Gasteiger charge is 2.38. The molecule has 1 amide bonds. The van der Waals surface area contributed by atoms with E-state index in [-0.39, 0.29) is 11.5 Å².